The van der Waals surface area contributed by atoms with Crippen molar-refractivity contribution in [1.29, 1.82) is 0 Å². The molecule has 0 radical (unpaired) electrons. The fourth-order valence-corrected chi connectivity index (χ4v) is 3.36. The van der Waals surface area contributed by atoms with Crippen LogP contribution < -0.4 is 0 Å². The van der Waals surface area contributed by atoms with Crippen LogP contribution in [0.15, 0.2) is 0 Å². The van der Waals surface area contributed by atoms with Crippen LogP contribution in [0.25, 0.3) is 0 Å². The quantitative estimate of drug-likeness (QED) is 0.263. The molecule has 1 aliphatic heterocycles. The van der Waals surface area contributed by atoms with E-state index in [4.69, 9.17) is 23.7 Å². The van der Waals surface area contributed by atoms with Gasteiger partial charge in [0.1, 0.15) is 12.7 Å². The normalized spacial score (nSPS) is 25.5. The summed E-state index contributed by atoms with van der Waals surface area (Å²) in [7, 11) is 0. The van der Waals surface area contributed by atoms with E-state index in [0.717, 1.165) is 0 Å². The van der Waals surface area contributed by atoms with Crippen molar-refractivity contribution in [1.82, 2.24) is 0 Å². The summed E-state index contributed by atoms with van der Waals surface area (Å²) in [6.45, 7) is 19.9. The third-order valence-corrected chi connectivity index (χ3v) is 5.87. The van der Waals surface area contributed by atoms with E-state index in [9.17, 15) is 19.2 Å². The van der Waals surface area contributed by atoms with Gasteiger partial charge in [0, 0.05) is 0 Å². The van der Waals surface area contributed by atoms with Gasteiger partial charge in [0.2, 0.25) is 0 Å². The zero-order valence-electron chi connectivity index (χ0n) is 23.6. The molecule has 0 aromatic heterocycles. The molecule has 0 N–H and O–H groups in total. The van der Waals surface area contributed by atoms with Crippen molar-refractivity contribution >= 4 is 39.8 Å². The van der Waals surface area contributed by atoms with Crippen LogP contribution in [0.1, 0.15) is 83.1 Å². The van der Waals surface area contributed by atoms with Gasteiger partial charge >= 0.3 is 23.9 Å². The zero-order chi connectivity index (χ0) is 28.4. The molecule has 0 saturated carbocycles. The molecule has 1 aliphatic rings. The third-order valence-electron chi connectivity index (χ3n) is 5.13. The van der Waals surface area contributed by atoms with Gasteiger partial charge in [-0.2, -0.15) is 0 Å². The molecule has 10 heteroatoms. The molecule has 5 unspecified atom stereocenters. The van der Waals surface area contributed by atoms with Crippen molar-refractivity contribution in [2.24, 2.45) is 21.7 Å². The Bertz CT molecular complexity index is 824. The van der Waals surface area contributed by atoms with Crippen LogP contribution in [0.3, 0.4) is 0 Å². The molecule has 0 aromatic rings. The topological polar surface area (TPSA) is 114 Å². The van der Waals surface area contributed by atoms with Crippen molar-refractivity contribution in [3.05, 3.63) is 0 Å². The molecule has 1 saturated heterocycles. The van der Waals surface area contributed by atoms with Gasteiger partial charge in [-0.3, -0.25) is 19.2 Å². The highest BCUT2D eigenvalue weighted by atomic mass is 79.9. The lowest BCUT2D eigenvalue weighted by Gasteiger charge is -2.44. The lowest BCUT2D eigenvalue weighted by atomic mass is 9.93. The van der Waals surface area contributed by atoms with Crippen LogP contribution in [0.4, 0.5) is 0 Å². The first kappa shape index (κ1) is 32.3. The Morgan fingerprint density at radius 3 is 1.28 bits per heavy atom. The number of alkyl halides is 1. The van der Waals surface area contributed by atoms with Crippen LogP contribution in [-0.4, -0.2) is 59.9 Å². The maximum atomic E-state index is 13.0. The maximum absolute atomic E-state index is 13.0. The lowest BCUT2D eigenvalue weighted by Crippen LogP contribution is -2.62. The van der Waals surface area contributed by atoms with Gasteiger partial charge in [0.15, 0.2) is 23.3 Å². The average molecular weight is 580 g/mol. The number of esters is 4. The third kappa shape index (κ3) is 9.01. The summed E-state index contributed by atoms with van der Waals surface area (Å²) >= 11 is 3.38. The Morgan fingerprint density at radius 1 is 0.583 bits per heavy atom. The predicted octanol–water partition coefficient (Wildman–Crippen LogP) is 4.57. The van der Waals surface area contributed by atoms with Gasteiger partial charge in [-0.05, 0) is 83.1 Å². The molecule has 0 amide bonds. The molecular formula is C26H43BrO9. The van der Waals surface area contributed by atoms with Gasteiger partial charge < -0.3 is 23.7 Å². The van der Waals surface area contributed by atoms with Gasteiger partial charge in [0.05, 0.1) is 21.7 Å². The fourth-order valence-electron chi connectivity index (χ4n) is 2.68. The minimum absolute atomic E-state index is 0.274. The SMILES string of the molecule is CC(C)(C)C(=O)OCC1OC(Br)C(OC(=O)C(C)(C)C)C(OC(=O)C(C)(C)C)C1OC(=O)C(C)(C)C. The highest BCUT2D eigenvalue weighted by Crippen LogP contribution is 2.35. The number of halogens is 1. The minimum atomic E-state index is -1.23. The Labute approximate surface area is 223 Å². The zero-order valence-corrected chi connectivity index (χ0v) is 25.2. The van der Waals surface area contributed by atoms with Crippen LogP contribution in [-0.2, 0) is 42.9 Å². The summed E-state index contributed by atoms with van der Waals surface area (Å²) < 4.78 is 28.8. The minimum Gasteiger partial charge on any atom is -0.462 e. The summed E-state index contributed by atoms with van der Waals surface area (Å²) in [6.07, 6.45) is -4.60. The molecule has 208 valence electrons. The second-order valence-corrected chi connectivity index (χ2v) is 14.1. The number of hydrogen-bond donors (Lipinski definition) is 0. The predicted molar refractivity (Wildman–Crippen MR) is 136 cm³/mol. The fraction of sp³-hybridized carbons (Fsp3) is 0.846. The van der Waals surface area contributed by atoms with E-state index in [1.165, 1.54) is 0 Å². The van der Waals surface area contributed by atoms with Gasteiger partial charge in [0.25, 0.3) is 0 Å². The van der Waals surface area contributed by atoms with Crippen molar-refractivity contribution < 1.29 is 42.9 Å². The van der Waals surface area contributed by atoms with Crippen molar-refractivity contribution in [3.8, 4) is 0 Å². The Hall–Kier alpha value is -1.68. The van der Waals surface area contributed by atoms with Crippen LogP contribution >= 0.6 is 15.9 Å². The summed E-state index contributed by atoms with van der Waals surface area (Å²) in [5, 5.41) is -0.940. The van der Waals surface area contributed by atoms with E-state index in [2.05, 4.69) is 15.9 Å². The molecule has 1 rings (SSSR count). The first-order valence-corrected chi connectivity index (χ1v) is 13.0. The molecular weight excluding hydrogens is 536 g/mol. The monoisotopic (exact) mass is 578 g/mol. The number of rotatable bonds is 5. The Kier molecular flexibility index (Phi) is 10.2. The molecule has 0 spiro atoms. The number of carbonyl (C=O) groups is 4. The lowest BCUT2D eigenvalue weighted by molar-refractivity contribution is -0.245. The first-order valence-electron chi connectivity index (χ1n) is 12.1. The van der Waals surface area contributed by atoms with Crippen LogP contribution in [0.5, 0.6) is 0 Å². The first-order chi connectivity index (χ1) is 16.0. The molecule has 0 aromatic carbocycles. The largest absolute Gasteiger partial charge is 0.462 e. The molecule has 1 heterocycles. The van der Waals surface area contributed by atoms with Crippen molar-refractivity contribution in [2.45, 2.75) is 113 Å². The van der Waals surface area contributed by atoms with Crippen LogP contribution in [0, 0.1) is 21.7 Å². The van der Waals surface area contributed by atoms with Crippen molar-refractivity contribution in [2.75, 3.05) is 6.61 Å². The summed E-state index contributed by atoms with van der Waals surface area (Å²) in [6, 6.07) is 0. The van der Waals surface area contributed by atoms with Gasteiger partial charge in [-0.25, -0.2) is 0 Å². The summed E-state index contributed by atoms with van der Waals surface area (Å²) in [4.78, 5) is 51.1. The summed E-state index contributed by atoms with van der Waals surface area (Å²) in [5.74, 6) is -2.22. The second kappa shape index (κ2) is 11.4. The average Bonchev–Trinajstić information content (AvgIpc) is 2.67. The van der Waals surface area contributed by atoms with E-state index < -0.39 is 75.0 Å². The molecule has 0 aliphatic carbocycles. The summed E-state index contributed by atoms with van der Waals surface area (Å²) in [5.41, 5.74) is -3.43. The number of hydrogen-bond acceptors (Lipinski definition) is 9. The maximum Gasteiger partial charge on any atom is 0.311 e. The van der Waals surface area contributed by atoms with Crippen molar-refractivity contribution in [3.63, 3.8) is 0 Å². The second-order valence-electron chi connectivity index (χ2n) is 13.2. The van der Waals surface area contributed by atoms with Gasteiger partial charge in [-0.15, -0.1) is 0 Å². The van der Waals surface area contributed by atoms with E-state index >= 15 is 0 Å². The Balaban J connectivity index is 3.50. The van der Waals surface area contributed by atoms with Gasteiger partial charge in [-0.1, -0.05) is 15.9 Å². The Morgan fingerprint density at radius 2 is 0.917 bits per heavy atom. The van der Waals surface area contributed by atoms with E-state index in [1.807, 2.05) is 0 Å². The molecule has 9 nitrogen and oxygen atoms in total. The smallest absolute Gasteiger partial charge is 0.311 e. The molecule has 0 bridgehead atoms. The highest BCUT2D eigenvalue weighted by Gasteiger charge is 2.53. The standard InChI is InChI=1S/C26H43BrO9/c1-23(2,3)19(28)32-13-14-15(34-20(29)24(4,5)6)16(35-21(30)25(7,8)9)17(18(27)33-14)36-22(31)26(10,11)12/h14-18H,13H2,1-12H3. The van der Waals surface area contributed by atoms with E-state index in [0.29, 0.717) is 0 Å². The van der Waals surface area contributed by atoms with E-state index in [-0.39, 0.29) is 6.61 Å². The van der Waals surface area contributed by atoms with E-state index in [1.54, 1.807) is 83.1 Å². The molecule has 5 atom stereocenters. The highest BCUT2D eigenvalue weighted by molar-refractivity contribution is 9.09. The number of carbonyl (C=O) groups excluding carboxylic acids is 4. The van der Waals surface area contributed by atoms with Crippen LogP contribution in [0.2, 0.25) is 0 Å². The molecule has 1 fully saturated rings. The molecule has 36 heavy (non-hydrogen) atoms. The number of ether oxygens (including phenoxy) is 5.